The molecule has 5 nitrogen and oxygen atoms in total. The Morgan fingerprint density at radius 2 is 2.00 bits per heavy atom. The van der Waals surface area contributed by atoms with Gasteiger partial charge in [0, 0.05) is 19.0 Å². The van der Waals surface area contributed by atoms with Crippen molar-refractivity contribution in [3.63, 3.8) is 0 Å². The lowest BCUT2D eigenvalue weighted by molar-refractivity contribution is 0.122. The van der Waals surface area contributed by atoms with E-state index < -0.39 is 6.10 Å². The number of aliphatic hydroxyl groups is 2. The zero-order valence-corrected chi connectivity index (χ0v) is 11.8. The van der Waals surface area contributed by atoms with Crippen LogP contribution in [-0.2, 0) is 0 Å². The van der Waals surface area contributed by atoms with E-state index in [9.17, 15) is 5.11 Å². The highest BCUT2D eigenvalue weighted by atomic mass is 16.5. The highest BCUT2D eigenvalue weighted by molar-refractivity contribution is 5.44. The smallest absolute Gasteiger partial charge is 0.161 e. The van der Waals surface area contributed by atoms with Crippen LogP contribution in [0.1, 0.15) is 31.4 Å². The predicted molar refractivity (Wildman–Crippen MR) is 76.2 cm³/mol. The molecule has 2 atom stereocenters. The van der Waals surface area contributed by atoms with Gasteiger partial charge in [0.25, 0.3) is 0 Å². The van der Waals surface area contributed by atoms with Gasteiger partial charge in [-0.2, -0.15) is 0 Å². The summed E-state index contributed by atoms with van der Waals surface area (Å²) in [5.74, 6) is 1.42. The summed E-state index contributed by atoms with van der Waals surface area (Å²) >= 11 is 0. The lowest BCUT2D eigenvalue weighted by Crippen LogP contribution is -2.36. The number of aliphatic hydroxyl groups excluding tert-OH is 2. The van der Waals surface area contributed by atoms with E-state index in [-0.39, 0.29) is 12.6 Å². The van der Waals surface area contributed by atoms with Crippen molar-refractivity contribution in [2.24, 2.45) is 0 Å². The molecule has 0 bridgehead atoms. The highest BCUT2D eigenvalue weighted by Gasteiger charge is 2.21. The van der Waals surface area contributed by atoms with Crippen LogP contribution in [0, 0.1) is 0 Å². The third kappa shape index (κ3) is 3.62. The largest absolute Gasteiger partial charge is 0.490 e. The summed E-state index contributed by atoms with van der Waals surface area (Å²) in [5.41, 5.74) is 0.798. The van der Waals surface area contributed by atoms with Gasteiger partial charge in [-0.15, -0.1) is 0 Å². The molecule has 5 heteroatoms. The van der Waals surface area contributed by atoms with Gasteiger partial charge in [-0.1, -0.05) is 13.0 Å². The van der Waals surface area contributed by atoms with Gasteiger partial charge in [0.1, 0.15) is 0 Å². The average molecular weight is 281 g/mol. The second-order valence-corrected chi connectivity index (χ2v) is 4.89. The Morgan fingerprint density at radius 1 is 1.25 bits per heavy atom. The molecular weight excluding hydrogens is 258 g/mol. The van der Waals surface area contributed by atoms with Crippen molar-refractivity contribution >= 4 is 0 Å². The summed E-state index contributed by atoms with van der Waals surface area (Å²) in [6.45, 7) is 3.82. The van der Waals surface area contributed by atoms with Crippen LogP contribution in [0.15, 0.2) is 18.2 Å². The van der Waals surface area contributed by atoms with Crippen LogP contribution >= 0.6 is 0 Å². The molecule has 3 N–H and O–H groups in total. The maximum atomic E-state index is 10.4. The molecule has 0 saturated heterocycles. The van der Waals surface area contributed by atoms with Gasteiger partial charge in [-0.25, -0.2) is 0 Å². The number of ether oxygens (including phenoxy) is 2. The fourth-order valence-corrected chi connectivity index (χ4v) is 2.33. The Labute approximate surface area is 119 Å². The van der Waals surface area contributed by atoms with Crippen molar-refractivity contribution in [3.05, 3.63) is 23.8 Å². The van der Waals surface area contributed by atoms with Gasteiger partial charge in [0.15, 0.2) is 11.5 Å². The molecule has 20 heavy (non-hydrogen) atoms. The van der Waals surface area contributed by atoms with Gasteiger partial charge < -0.3 is 25.0 Å². The van der Waals surface area contributed by atoms with Crippen LogP contribution in [0.5, 0.6) is 11.5 Å². The first-order valence-corrected chi connectivity index (χ1v) is 7.18. The molecule has 0 aliphatic carbocycles. The first-order chi connectivity index (χ1) is 9.76. The average Bonchev–Trinajstić information content (AvgIpc) is 2.72. The first-order valence-electron chi connectivity index (χ1n) is 7.18. The van der Waals surface area contributed by atoms with Crippen LogP contribution < -0.4 is 14.8 Å². The number of nitrogens with one attached hydrogen (secondary N) is 1. The zero-order valence-electron chi connectivity index (χ0n) is 11.8. The van der Waals surface area contributed by atoms with Crippen molar-refractivity contribution in [2.75, 3.05) is 26.4 Å². The fourth-order valence-electron chi connectivity index (χ4n) is 2.33. The van der Waals surface area contributed by atoms with Crippen LogP contribution in [0.3, 0.4) is 0 Å². The topological polar surface area (TPSA) is 71.0 Å². The van der Waals surface area contributed by atoms with Crippen molar-refractivity contribution in [1.29, 1.82) is 0 Å². The minimum Gasteiger partial charge on any atom is -0.490 e. The molecule has 0 fully saturated rings. The first kappa shape index (κ1) is 15.1. The normalized spacial score (nSPS) is 17.4. The quantitative estimate of drug-likeness (QED) is 0.732. The molecule has 0 saturated carbocycles. The predicted octanol–water partition coefficient (Wildman–Crippen LogP) is 1.24. The molecular formula is C15H23NO4. The van der Waals surface area contributed by atoms with Gasteiger partial charge in [-0.3, -0.25) is 0 Å². The number of fused-ring (bicyclic) bond motifs is 1. The van der Waals surface area contributed by atoms with E-state index in [1.165, 1.54) is 0 Å². The second-order valence-electron chi connectivity index (χ2n) is 4.89. The molecule has 1 aliphatic heterocycles. The Bertz CT molecular complexity index is 424. The summed E-state index contributed by atoms with van der Waals surface area (Å²) in [7, 11) is 0. The summed E-state index contributed by atoms with van der Waals surface area (Å²) in [6.07, 6.45) is 1.00. The third-order valence-electron chi connectivity index (χ3n) is 3.45. The summed E-state index contributed by atoms with van der Waals surface area (Å²) in [4.78, 5) is 0. The van der Waals surface area contributed by atoms with Crippen molar-refractivity contribution in [1.82, 2.24) is 5.32 Å². The van der Waals surface area contributed by atoms with E-state index in [0.29, 0.717) is 25.5 Å². The minimum absolute atomic E-state index is 0.0599. The zero-order chi connectivity index (χ0) is 14.4. The van der Waals surface area contributed by atoms with Gasteiger partial charge in [0.2, 0.25) is 0 Å². The number of hydrogen-bond acceptors (Lipinski definition) is 5. The molecule has 1 aliphatic rings. The molecule has 2 unspecified atom stereocenters. The third-order valence-corrected chi connectivity index (χ3v) is 3.45. The van der Waals surface area contributed by atoms with Crippen LogP contribution in [0.2, 0.25) is 0 Å². The second kappa shape index (κ2) is 7.47. The summed E-state index contributed by atoms with van der Waals surface area (Å²) in [6, 6.07) is 5.46. The number of rotatable bonds is 6. The molecule has 0 spiro atoms. The maximum absolute atomic E-state index is 10.4. The summed E-state index contributed by atoms with van der Waals surface area (Å²) < 4.78 is 11.2. The monoisotopic (exact) mass is 281 g/mol. The Hall–Kier alpha value is -1.30. The molecule has 0 aromatic heterocycles. The van der Waals surface area contributed by atoms with E-state index in [2.05, 4.69) is 5.32 Å². The van der Waals surface area contributed by atoms with Gasteiger partial charge in [0.05, 0.1) is 25.9 Å². The van der Waals surface area contributed by atoms with Gasteiger partial charge >= 0.3 is 0 Å². The van der Waals surface area contributed by atoms with E-state index in [1.54, 1.807) is 0 Å². The van der Waals surface area contributed by atoms with E-state index in [4.69, 9.17) is 14.6 Å². The molecule has 2 rings (SSSR count). The maximum Gasteiger partial charge on any atom is 0.161 e. The fraction of sp³-hybridized carbons (Fsp3) is 0.600. The molecule has 1 aromatic rings. The molecule has 1 heterocycles. The van der Waals surface area contributed by atoms with E-state index in [0.717, 1.165) is 24.2 Å². The van der Waals surface area contributed by atoms with Crippen LogP contribution in [0.4, 0.5) is 0 Å². The Kier molecular flexibility index (Phi) is 5.64. The SMILES string of the molecule is CCC(NCCO)C(O)c1ccc2c(c1)OCCCO2. The van der Waals surface area contributed by atoms with Crippen molar-refractivity contribution < 1.29 is 19.7 Å². The number of benzene rings is 1. The van der Waals surface area contributed by atoms with Gasteiger partial charge in [-0.05, 0) is 24.1 Å². The molecule has 0 amide bonds. The van der Waals surface area contributed by atoms with Crippen molar-refractivity contribution in [3.8, 4) is 11.5 Å². The molecule has 1 aromatic carbocycles. The molecule has 112 valence electrons. The minimum atomic E-state index is -0.635. The van der Waals surface area contributed by atoms with Crippen molar-refractivity contribution in [2.45, 2.75) is 31.9 Å². The Morgan fingerprint density at radius 3 is 2.70 bits per heavy atom. The van der Waals surface area contributed by atoms with Crippen LogP contribution in [-0.4, -0.2) is 42.6 Å². The van der Waals surface area contributed by atoms with Crippen LogP contribution in [0.25, 0.3) is 0 Å². The lowest BCUT2D eigenvalue weighted by atomic mass is 10.00. The van der Waals surface area contributed by atoms with E-state index in [1.807, 2.05) is 25.1 Å². The molecule has 0 radical (unpaired) electrons. The lowest BCUT2D eigenvalue weighted by Gasteiger charge is -2.23. The Balaban J connectivity index is 2.12. The van der Waals surface area contributed by atoms with E-state index >= 15 is 0 Å². The standard InChI is InChI=1S/C15H23NO4/c1-2-12(16-6-7-17)15(18)11-4-5-13-14(10-11)20-9-3-8-19-13/h4-5,10,12,15-18H,2-3,6-9H2,1H3. The highest BCUT2D eigenvalue weighted by Crippen LogP contribution is 2.33. The summed E-state index contributed by atoms with van der Waals surface area (Å²) in [5, 5.41) is 22.4. The number of hydrogen-bond donors (Lipinski definition) is 3.